The summed E-state index contributed by atoms with van der Waals surface area (Å²) in [5, 5.41) is 2.38. The van der Waals surface area contributed by atoms with Crippen LogP contribution in [0.1, 0.15) is 20.8 Å². The minimum Gasteiger partial charge on any atom is -0.497 e. The number of alkyl halides is 1. The van der Waals surface area contributed by atoms with E-state index in [9.17, 15) is 8.78 Å². The van der Waals surface area contributed by atoms with E-state index in [1.807, 2.05) is 12.3 Å². The molecule has 0 aliphatic heterocycles. The molecule has 1 heterocycles. The van der Waals surface area contributed by atoms with E-state index >= 15 is 0 Å². The monoisotopic (exact) mass is 366 g/mol. The fraction of sp³-hybridized carbons (Fsp3) is 0.231. The highest BCUT2D eigenvalue weighted by Crippen LogP contribution is 2.43. The number of aryl methyl sites for hydroxylation is 1. The first-order valence-electron chi connectivity index (χ1n) is 5.36. The number of ether oxygens (including phenoxy) is 1. The second-order valence-corrected chi connectivity index (χ2v) is 6.17. The standard InChI is InChI=1S/C13H10BrClF2OS/c1-6-5-19-13(12(6)15)11(14)10-8(16)3-7(18-2)4-9(10)17/h3-5,11H,1-2H3. The van der Waals surface area contributed by atoms with Crippen LogP contribution < -0.4 is 4.74 Å². The predicted octanol–water partition coefficient (Wildman–Crippen LogP) is 5.48. The second kappa shape index (κ2) is 5.77. The van der Waals surface area contributed by atoms with Crippen molar-refractivity contribution in [1.82, 2.24) is 0 Å². The van der Waals surface area contributed by atoms with Gasteiger partial charge < -0.3 is 4.74 Å². The van der Waals surface area contributed by atoms with Crippen LogP contribution in [-0.4, -0.2) is 7.11 Å². The average Bonchev–Trinajstić information content (AvgIpc) is 2.68. The van der Waals surface area contributed by atoms with Gasteiger partial charge in [0.05, 0.1) is 17.0 Å². The molecule has 0 N–H and O–H groups in total. The zero-order valence-corrected chi connectivity index (χ0v) is 13.3. The van der Waals surface area contributed by atoms with Crippen molar-refractivity contribution in [2.75, 3.05) is 7.11 Å². The molecule has 1 aromatic carbocycles. The predicted molar refractivity (Wildman–Crippen MR) is 77.7 cm³/mol. The van der Waals surface area contributed by atoms with E-state index < -0.39 is 16.5 Å². The third-order valence-corrected chi connectivity index (χ3v) is 5.69. The molecule has 102 valence electrons. The van der Waals surface area contributed by atoms with Crippen LogP contribution in [0.3, 0.4) is 0 Å². The first kappa shape index (κ1) is 14.8. The van der Waals surface area contributed by atoms with Gasteiger partial charge in [0.1, 0.15) is 17.4 Å². The third kappa shape index (κ3) is 2.78. The van der Waals surface area contributed by atoms with Crippen LogP contribution in [0.5, 0.6) is 5.75 Å². The highest BCUT2D eigenvalue weighted by molar-refractivity contribution is 9.09. The molecule has 0 bridgehead atoms. The van der Waals surface area contributed by atoms with Gasteiger partial charge in [0.25, 0.3) is 0 Å². The van der Waals surface area contributed by atoms with Crippen LogP contribution in [0.4, 0.5) is 8.78 Å². The van der Waals surface area contributed by atoms with Crippen LogP contribution >= 0.6 is 38.9 Å². The van der Waals surface area contributed by atoms with Crippen molar-refractivity contribution in [2.24, 2.45) is 0 Å². The Morgan fingerprint density at radius 2 is 1.89 bits per heavy atom. The first-order chi connectivity index (χ1) is 8.95. The lowest BCUT2D eigenvalue weighted by Crippen LogP contribution is -2.01. The molecule has 0 spiro atoms. The smallest absolute Gasteiger partial charge is 0.134 e. The number of thiophene rings is 1. The molecule has 1 aromatic heterocycles. The maximum Gasteiger partial charge on any atom is 0.134 e. The van der Waals surface area contributed by atoms with E-state index in [1.165, 1.54) is 18.4 Å². The molecule has 0 fully saturated rings. The molecule has 0 aliphatic carbocycles. The van der Waals surface area contributed by atoms with Gasteiger partial charge in [0, 0.05) is 22.6 Å². The molecule has 19 heavy (non-hydrogen) atoms. The average molecular weight is 368 g/mol. The summed E-state index contributed by atoms with van der Waals surface area (Å²) in [4.78, 5) is 0.0618. The highest BCUT2D eigenvalue weighted by atomic mass is 79.9. The van der Waals surface area contributed by atoms with E-state index in [0.29, 0.717) is 9.90 Å². The van der Waals surface area contributed by atoms with E-state index in [2.05, 4.69) is 15.9 Å². The summed E-state index contributed by atoms with van der Waals surface area (Å²) >= 11 is 10.8. The lowest BCUT2D eigenvalue weighted by atomic mass is 10.1. The zero-order chi connectivity index (χ0) is 14.2. The van der Waals surface area contributed by atoms with E-state index in [1.54, 1.807) is 0 Å². The van der Waals surface area contributed by atoms with Crippen LogP contribution in [-0.2, 0) is 0 Å². The number of methoxy groups -OCH3 is 1. The molecule has 1 nitrogen and oxygen atoms in total. The lowest BCUT2D eigenvalue weighted by molar-refractivity contribution is 0.405. The molecular formula is C13H10BrClF2OS. The molecule has 2 aromatic rings. The van der Waals surface area contributed by atoms with Crippen molar-refractivity contribution in [1.29, 1.82) is 0 Å². The van der Waals surface area contributed by atoms with Gasteiger partial charge in [0.15, 0.2) is 0 Å². The molecular weight excluding hydrogens is 358 g/mol. The topological polar surface area (TPSA) is 9.23 Å². The number of benzene rings is 1. The van der Waals surface area contributed by atoms with E-state index in [-0.39, 0.29) is 11.3 Å². The zero-order valence-electron chi connectivity index (χ0n) is 10.1. The summed E-state index contributed by atoms with van der Waals surface area (Å²) in [5.74, 6) is -1.19. The second-order valence-electron chi connectivity index (χ2n) is 3.96. The third-order valence-electron chi connectivity index (χ3n) is 2.70. The lowest BCUT2D eigenvalue weighted by Gasteiger charge is -2.13. The number of hydrogen-bond acceptors (Lipinski definition) is 2. The SMILES string of the molecule is COc1cc(F)c(C(Br)c2scc(C)c2Cl)c(F)c1. The number of halogens is 4. The molecule has 1 atom stereocenters. The minimum absolute atomic E-state index is 0.0652. The molecule has 6 heteroatoms. The minimum atomic E-state index is -0.666. The van der Waals surface area contributed by atoms with Crippen molar-refractivity contribution in [3.05, 3.63) is 50.2 Å². The summed E-state index contributed by atoms with van der Waals surface area (Å²) in [6, 6.07) is 2.31. The van der Waals surface area contributed by atoms with Crippen molar-refractivity contribution in [3.63, 3.8) is 0 Å². The summed E-state index contributed by atoms with van der Waals surface area (Å²) in [6.45, 7) is 1.85. The summed E-state index contributed by atoms with van der Waals surface area (Å²) < 4.78 is 32.8. The molecule has 1 unspecified atom stereocenters. The fourth-order valence-corrected chi connectivity index (χ4v) is 4.08. The number of rotatable bonds is 3. The van der Waals surface area contributed by atoms with Gasteiger partial charge in [-0.3, -0.25) is 0 Å². The summed E-state index contributed by atoms with van der Waals surface area (Å²) in [5.41, 5.74) is 0.824. The van der Waals surface area contributed by atoms with Gasteiger partial charge in [-0.25, -0.2) is 8.78 Å². The Bertz CT molecular complexity index is 592. The van der Waals surface area contributed by atoms with Crippen molar-refractivity contribution in [3.8, 4) is 5.75 Å². The first-order valence-corrected chi connectivity index (χ1v) is 7.53. The van der Waals surface area contributed by atoms with Crippen molar-refractivity contribution < 1.29 is 13.5 Å². The highest BCUT2D eigenvalue weighted by Gasteiger charge is 2.24. The maximum atomic E-state index is 14.0. The largest absolute Gasteiger partial charge is 0.497 e. The fourth-order valence-electron chi connectivity index (χ4n) is 1.67. The van der Waals surface area contributed by atoms with Crippen molar-refractivity contribution >= 4 is 38.9 Å². The molecule has 2 rings (SSSR count). The van der Waals surface area contributed by atoms with E-state index in [4.69, 9.17) is 16.3 Å². The van der Waals surface area contributed by atoms with Crippen LogP contribution in [0, 0.1) is 18.6 Å². The van der Waals surface area contributed by atoms with Gasteiger partial charge in [-0.2, -0.15) is 0 Å². The molecule has 0 saturated carbocycles. The van der Waals surface area contributed by atoms with Crippen molar-refractivity contribution in [2.45, 2.75) is 11.8 Å². The van der Waals surface area contributed by atoms with Gasteiger partial charge in [-0.15, -0.1) is 11.3 Å². The molecule has 0 saturated heterocycles. The summed E-state index contributed by atoms with van der Waals surface area (Å²) in [7, 11) is 1.36. The quantitative estimate of drug-likeness (QED) is 0.653. The molecule has 0 amide bonds. The Hall–Kier alpha value is -0.650. The number of hydrogen-bond donors (Lipinski definition) is 0. The van der Waals surface area contributed by atoms with Crippen LogP contribution in [0.15, 0.2) is 17.5 Å². The van der Waals surface area contributed by atoms with Crippen LogP contribution in [0.2, 0.25) is 5.02 Å². The van der Waals surface area contributed by atoms with E-state index in [0.717, 1.165) is 17.7 Å². The maximum absolute atomic E-state index is 14.0. The Kier molecular flexibility index (Phi) is 4.48. The van der Waals surface area contributed by atoms with Gasteiger partial charge >= 0.3 is 0 Å². The van der Waals surface area contributed by atoms with Gasteiger partial charge in [0.2, 0.25) is 0 Å². The molecule has 0 radical (unpaired) electrons. The Morgan fingerprint density at radius 1 is 1.32 bits per heavy atom. The van der Waals surface area contributed by atoms with Crippen LogP contribution in [0.25, 0.3) is 0 Å². The summed E-state index contributed by atoms with van der Waals surface area (Å²) in [6.07, 6.45) is 0. The Balaban J connectivity index is 2.50. The Morgan fingerprint density at radius 3 is 2.32 bits per heavy atom. The normalized spacial score (nSPS) is 12.5. The van der Waals surface area contributed by atoms with Gasteiger partial charge in [-0.05, 0) is 17.9 Å². The Labute approximate surface area is 127 Å². The van der Waals surface area contributed by atoms with Gasteiger partial charge in [-0.1, -0.05) is 27.5 Å². The molecule has 0 aliphatic rings.